The number of hydrogen-bond acceptors (Lipinski definition) is 6. The van der Waals surface area contributed by atoms with E-state index < -0.39 is 11.7 Å². The maximum atomic E-state index is 10.9. The molecule has 0 aromatic carbocycles. The fraction of sp³-hybridized carbons (Fsp3) is 0.500. The van der Waals surface area contributed by atoms with Gasteiger partial charge in [0.25, 0.3) is 0 Å². The van der Waals surface area contributed by atoms with Gasteiger partial charge in [-0.05, 0) is 13.8 Å². The molecule has 0 aliphatic rings. The van der Waals surface area contributed by atoms with Crippen LogP contribution in [0.5, 0.6) is 0 Å². The van der Waals surface area contributed by atoms with E-state index in [1.165, 1.54) is 6.92 Å². The lowest BCUT2D eigenvalue weighted by Gasteiger charge is -2.00. The van der Waals surface area contributed by atoms with Crippen LogP contribution in [0.4, 0.5) is 0 Å². The van der Waals surface area contributed by atoms with E-state index in [-0.39, 0.29) is 12.3 Å². The predicted molar refractivity (Wildman–Crippen MR) is 40.8 cm³/mol. The van der Waals surface area contributed by atoms with E-state index in [1.807, 2.05) is 0 Å². The molecule has 6 nitrogen and oxygen atoms in total. The molecule has 0 aromatic rings. The molecular formula is C6H10N2O4. The Balaban J connectivity index is 4.48. The number of carbonyl (C=O) groups is 1. The van der Waals surface area contributed by atoms with Crippen molar-refractivity contribution in [2.24, 2.45) is 10.3 Å². The van der Waals surface area contributed by atoms with Gasteiger partial charge < -0.3 is 15.2 Å². The van der Waals surface area contributed by atoms with E-state index >= 15 is 0 Å². The van der Waals surface area contributed by atoms with Crippen molar-refractivity contribution in [2.75, 3.05) is 6.61 Å². The van der Waals surface area contributed by atoms with Gasteiger partial charge in [0.05, 0.1) is 6.61 Å². The standard InChI is InChI=1S/C6H10N2O4/c1-3-12-6(9)5(8-11)4(2)7-10/h10-11H,3H2,1-2H3. The number of carbonyl (C=O) groups excluding carboxylic acids is 1. The third-order valence-electron chi connectivity index (χ3n) is 1.06. The highest BCUT2D eigenvalue weighted by atomic mass is 16.5. The van der Waals surface area contributed by atoms with Gasteiger partial charge in [-0.25, -0.2) is 4.79 Å². The Morgan fingerprint density at radius 3 is 2.33 bits per heavy atom. The topological polar surface area (TPSA) is 91.5 Å². The number of oxime groups is 2. The molecule has 0 saturated heterocycles. The minimum Gasteiger partial charge on any atom is -0.461 e. The summed E-state index contributed by atoms with van der Waals surface area (Å²) in [7, 11) is 0. The Hall–Kier alpha value is -1.59. The highest BCUT2D eigenvalue weighted by Crippen LogP contribution is 1.88. The summed E-state index contributed by atoms with van der Waals surface area (Å²) in [5.74, 6) is -0.824. The Labute approximate surface area is 69.1 Å². The molecule has 0 aliphatic carbocycles. The first-order valence-electron chi connectivity index (χ1n) is 3.25. The molecule has 0 atom stereocenters. The van der Waals surface area contributed by atoms with Crippen LogP contribution in [0, 0.1) is 0 Å². The summed E-state index contributed by atoms with van der Waals surface area (Å²) in [5.41, 5.74) is -0.504. The second kappa shape index (κ2) is 5.11. The molecule has 0 aliphatic heterocycles. The number of hydrogen-bond donors (Lipinski definition) is 2. The first-order valence-corrected chi connectivity index (χ1v) is 3.25. The first kappa shape index (κ1) is 10.4. The van der Waals surface area contributed by atoms with Crippen molar-refractivity contribution in [1.82, 2.24) is 0 Å². The van der Waals surface area contributed by atoms with Crippen LogP contribution in [0.25, 0.3) is 0 Å². The van der Waals surface area contributed by atoms with Gasteiger partial charge in [-0.15, -0.1) is 0 Å². The molecule has 0 rings (SSSR count). The quantitative estimate of drug-likeness (QED) is 0.277. The van der Waals surface area contributed by atoms with Crippen molar-refractivity contribution in [1.29, 1.82) is 0 Å². The first-order chi connectivity index (χ1) is 5.67. The smallest absolute Gasteiger partial charge is 0.362 e. The Morgan fingerprint density at radius 2 is 2.00 bits per heavy atom. The molecule has 0 radical (unpaired) electrons. The Morgan fingerprint density at radius 1 is 1.42 bits per heavy atom. The molecule has 0 spiro atoms. The predicted octanol–water partition coefficient (Wildman–Crippen LogP) is 0.230. The number of nitrogens with zero attached hydrogens (tertiary/aromatic N) is 2. The third-order valence-corrected chi connectivity index (χ3v) is 1.06. The molecule has 2 N–H and O–H groups in total. The Bertz CT molecular complexity index is 222. The van der Waals surface area contributed by atoms with E-state index in [0.29, 0.717) is 0 Å². The average molecular weight is 174 g/mol. The third kappa shape index (κ3) is 2.57. The number of ether oxygens (including phenoxy) is 1. The van der Waals surface area contributed by atoms with Crippen LogP contribution < -0.4 is 0 Å². The van der Waals surface area contributed by atoms with E-state index in [9.17, 15) is 4.79 Å². The molecule has 0 fully saturated rings. The molecule has 12 heavy (non-hydrogen) atoms. The van der Waals surface area contributed by atoms with Gasteiger partial charge in [-0.1, -0.05) is 10.3 Å². The molecule has 68 valence electrons. The highest BCUT2D eigenvalue weighted by Gasteiger charge is 2.16. The Kier molecular flexibility index (Phi) is 4.43. The molecule has 0 aromatic heterocycles. The second-order valence-corrected chi connectivity index (χ2v) is 1.85. The van der Waals surface area contributed by atoms with Crippen LogP contribution in [0.1, 0.15) is 13.8 Å². The van der Waals surface area contributed by atoms with Gasteiger partial charge in [-0.3, -0.25) is 0 Å². The minimum absolute atomic E-state index is 0.101. The molecule has 0 unspecified atom stereocenters. The van der Waals surface area contributed by atoms with Crippen molar-refractivity contribution in [2.45, 2.75) is 13.8 Å². The van der Waals surface area contributed by atoms with Crippen LogP contribution in [0.2, 0.25) is 0 Å². The van der Waals surface area contributed by atoms with Crippen molar-refractivity contribution in [3.05, 3.63) is 0 Å². The lowest BCUT2D eigenvalue weighted by Crippen LogP contribution is -2.24. The van der Waals surface area contributed by atoms with Crippen LogP contribution >= 0.6 is 0 Å². The molecule has 0 saturated carbocycles. The highest BCUT2D eigenvalue weighted by molar-refractivity contribution is 6.65. The zero-order valence-corrected chi connectivity index (χ0v) is 6.81. The van der Waals surface area contributed by atoms with Crippen molar-refractivity contribution in [3.63, 3.8) is 0 Å². The molecule has 6 heteroatoms. The zero-order valence-electron chi connectivity index (χ0n) is 6.81. The largest absolute Gasteiger partial charge is 0.461 e. The van der Waals surface area contributed by atoms with Crippen molar-refractivity contribution >= 4 is 17.4 Å². The zero-order chi connectivity index (χ0) is 9.56. The van der Waals surface area contributed by atoms with E-state index in [0.717, 1.165) is 0 Å². The monoisotopic (exact) mass is 174 g/mol. The lowest BCUT2D eigenvalue weighted by atomic mass is 10.2. The summed E-state index contributed by atoms with van der Waals surface area (Å²) in [5, 5.41) is 21.9. The average Bonchev–Trinajstić information content (AvgIpc) is 2.06. The van der Waals surface area contributed by atoms with Crippen LogP contribution in [-0.4, -0.2) is 34.4 Å². The van der Waals surface area contributed by atoms with Crippen LogP contribution in [0.15, 0.2) is 10.3 Å². The van der Waals surface area contributed by atoms with Crippen LogP contribution in [0.3, 0.4) is 0 Å². The van der Waals surface area contributed by atoms with Crippen molar-refractivity contribution < 1.29 is 19.9 Å². The van der Waals surface area contributed by atoms with Crippen LogP contribution in [-0.2, 0) is 9.53 Å². The number of rotatable bonds is 3. The summed E-state index contributed by atoms with van der Waals surface area (Å²) in [6, 6.07) is 0. The summed E-state index contributed by atoms with van der Waals surface area (Å²) < 4.78 is 4.50. The van der Waals surface area contributed by atoms with E-state index in [1.54, 1.807) is 6.92 Å². The van der Waals surface area contributed by atoms with Gasteiger partial charge in [0.15, 0.2) is 0 Å². The lowest BCUT2D eigenvalue weighted by molar-refractivity contribution is -0.134. The number of esters is 1. The fourth-order valence-corrected chi connectivity index (χ4v) is 0.508. The molecule has 0 heterocycles. The molecule has 0 amide bonds. The van der Waals surface area contributed by atoms with Gasteiger partial charge in [-0.2, -0.15) is 0 Å². The van der Waals surface area contributed by atoms with Crippen molar-refractivity contribution in [3.8, 4) is 0 Å². The normalized spacial score (nSPS) is 12.8. The van der Waals surface area contributed by atoms with Gasteiger partial charge in [0.2, 0.25) is 5.71 Å². The van der Waals surface area contributed by atoms with Gasteiger partial charge >= 0.3 is 5.97 Å². The maximum absolute atomic E-state index is 10.9. The molecule has 0 bridgehead atoms. The SMILES string of the molecule is CCOC(=O)C(=NO)C(C)=NO. The minimum atomic E-state index is -0.824. The van der Waals surface area contributed by atoms with Gasteiger partial charge in [0, 0.05) is 0 Å². The summed E-state index contributed by atoms with van der Waals surface area (Å²) in [4.78, 5) is 10.9. The fourth-order valence-electron chi connectivity index (χ4n) is 0.508. The summed E-state index contributed by atoms with van der Waals surface area (Å²) >= 11 is 0. The van der Waals surface area contributed by atoms with E-state index in [2.05, 4.69) is 15.0 Å². The van der Waals surface area contributed by atoms with E-state index in [4.69, 9.17) is 10.4 Å². The summed E-state index contributed by atoms with van der Waals surface area (Å²) in [6.07, 6.45) is 0. The van der Waals surface area contributed by atoms with Gasteiger partial charge in [0.1, 0.15) is 5.71 Å². The summed E-state index contributed by atoms with van der Waals surface area (Å²) in [6.45, 7) is 3.08. The second-order valence-electron chi connectivity index (χ2n) is 1.85. The molecular weight excluding hydrogens is 164 g/mol. The maximum Gasteiger partial charge on any atom is 0.362 e.